The van der Waals surface area contributed by atoms with Crippen molar-refractivity contribution in [2.24, 2.45) is 5.92 Å². The first kappa shape index (κ1) is 55.0. The topological polar surface area (TPSA) is 52.0 Å². The molecule has 0 bridgehead atoms. The molecule has 2 N–H and O–H groups in total. The van der Waals surface area contributed by atoms with Crippen LogP contribution in [0.1, 0.15) is 64.8 Å². The molecule has 12 heteroatoms. The second-order valence-electron chi connectivity index (χ2n) is 15.0. The third-order valence-corrected chi connectivity index (χ3v) is 11.2. The molecule has 0 fully saturated rings. The normalized spacial score (nSPS) is 14.6. The zero-order valence-corrected chi connectivity index (χ0v) is 42.1. The fourth-order valence-corrected chi connectivity index (χ4v) is 6.77. The van der Waals surface area contributed by atoms with Crippen molar-refractivity contribution in [2.45, 2.75) is 78.1 Å². The van der Waals surface area contributed by atoms with Crippen LogP contribution in [0.25, 0.3) is 23.6 Å². The van der Waals surface area contributed by atoms with Crippen LogP contribution in [0.2, 0.25) is 0 Å². The number of nitrogens with zero attached hydrogens (tertiary/aromatic N) is 1. The first-order chi connectivity index (χ1) is 29.8. The number of fused-ring (bicyclic) bond motifs is 1. The summed E-state index contributed by atoms with van der Waals surface area (Å²) in [6.07, 6.45) is -5.30. The minimum Gasteiger partial charge on any atom is -0.436 e. The maximum Gasteiger partial charge on any atom is 0.402 e. The number of hydrogen-bond donors (Lipinski definition) is 1. The van der Waals surface area contributed by atoms with Gasteiger partial charge in [-0.25, -0.2) is 4.98 Å². The average molecular weight is 1070 g/mol. The molecule has 3 unspecified atom stereocenters. The number of benzene rings is 5. The van der Waals surface area contributed by atoms with Crippen molar-refractivity contribution in [1.29, 1.82) is 0 Å². The van der Waals surface area contributed by atoms with E-state index in [0.717, 1.165) is 16.7 Å². The van der Waals surface area contributed by atoms with Crippen molar-refractivity contribution < 1.29 is 30.8 Å². The third kappa shape index (κ3) is 13.5. The molecule has 5 aromatic carbocycles. The first-order valence-electron chi connectivity index (χ1n) is 19.8. The SMILES string of the molecule is CBr.CBr.CBr.Cc1cc(C(C)(C2C=c3oc(-c4ccccc4)nc3=CC2)C(F)(F)F)ccc1N.Cc1ccc(C(C)(c2ccccc2)C(F)(F)F)cc1C.Cc1ccccc1C. The Bertz CT molecular complexity index is 2420. The number of nitrogens with two attached hydrogens (primary N) is 1. The van der Waals surface area contributed by atoms with Gasteiger partial charge in [0.1, 0.15) is 10.8 Å². The Kier molecular flexibility index (Phi) is 21.7. The van der Waals surface area contributed by atoms with Gasteiger partial charge < -0.3 is 10.2 Å². The molecule has 3 atom stereocenters. The maximum absolute atomic E-state index is 14.3. The third-order valence-electron chi connectivity index (χ3n) is 11.2. The highest BCUT2D eigenvalue weighted by Gasteiger charge is 2.56. The number of hydrogen-bond acceptors (Lipinski definition) is 3. The quantitative estimate of drug-likeness (QED) is 0.106. The lowest BCUT2D eigenvalue weighted by molar-refractivity contribution is -0.194. The van der Waals surface area contributed by atoms with E-state index in [2.05, 4.69) is 90.9 Å². The number of aromatic nitrogens is 1. The molecule has 1 heterocycles. The highest BCUT2D eigenvalue weighted by Crippen LogP contribution is 2.49. The summed E-state index contributed by atoms with van der Waals surface area (Å²) in [7, 11) is 0. The Balaban J connectivity index is 0.000000346. The second kappa shape index (κ2) is 24.8. The standard InChI is InChI=1S/C23H21F3N2O.C17H17F3.C8H10.3CH3Br/c1-14-12-16(8-10-18(14)27)22(2,23(24,25)26)17-9-11-19-20(13-17)29-21(28-19)15-6-4-3-5-7-15;1-12-9-10-15(11-13(12)2)16(3,17(18,19)20)14-7-5-4-6-8-14;1-7-5-3-4-6-8(7)2;3*1-2/h3-8,10-13,17H,9,27H2,1-2H3;4-11H,1-3H3;3-6H,1-2H3;3*1H3. The highest BCUT2D eigenvalue weighted by atomic mass is 79.9. The summed E-state index contributed by atoms with van der Waals surface area (Å²) in [5, 5.41) is 0.582. The summed E-state index contributed by atoms with van der Waals surface area (Å²) < 4.78 is 90.0. The van der Waals surface area contributed by atoms with Gasteiger partial charge in [0, 0.05) is 17.2 Å². The zero-order chi connectivity index (χ0) is 47.8. The number of oxazole rings is 1. The molecule has 0 radical (unpaired) electrons. The van der Waals surface area contributed by atoms with Crippen LogP contribution in [-0.4, -0.2) is 34.8 Å². The van der Waals surface area contributed by atoms with Crippen LogP contribution in [0.15, 0.2) is 126 Å². The van der Waals surface area contributed by atoms with Gasteiger partial charge in [-0.3, -0.25) is 0 Å². The van der Waals surface area contributed by atoms with E-state index in [9.17, 15) is 26.3 Å². The Morgan fingerprint density at radius 1 is 0.556 bits per heavy atom. The second-order valence-corrected chi connectivity index (χ2v) is 15.0. The van der Waals surface area contributed by atoms with Crippen molar-refractivity contribution in [1.82, 2.24) is 4.98 Å². The van der Waals surface area contributed by atoms with E-state index < -0.39 is 29.1 Å². The lowest BCUT2D eigenvalue weighted by Gasteiger charge is -2.38. The molecule has 7 rings (SSSR count). The van der Waals surface area contributed by atoms with Crippen LogP contribution in [0, 0.1) is 40.5 Å². The van der Waals surface area contributed by atoms with Gasteiger partial charge in [-0.1, -0.05) is 157 Å². The van der Waals surface area contributed by atoms with Gasteiger partial charge in [0.15, 0.2) is 5.42 Å². The molecule has 1 aromatic heterocycles. The first-order valence-corrected chi connectivity index (χ1v) is 24.6. The molecule has 340 valence electrons. The molecule has 0 saturated heterocycles. The Labute approximate surface area is 394 Å². The van der Waals surface area contributed by atoms with Gasteiger partial charge in [-0.2, -0.15) is 26.3 Å². The maximum atomic E-state index is 14.3. The molecule has 3 nitrogen and oxygen atoms in total. The summed E-state index contributed by atoms with van der Waals surface area (Å²) in [5.41, 5.74) is 9.34. The highest BCUT2D eigenvalue weighted by molar-refractivity contribution is 9.09. The van der Waals surface area contributed by atoms with Crippen LogP contribution in [0.5, 0.6) is 0 Å². The van der Waals surface area contributed by atoms with Crippen molar-refractivity contribution in [2.75, 3.05) is 23.2 Å². The predicted octanol–water partition coefficient (Wildman–Crippen LogP) is 14.8. The number of halogens is 9. The van der Waals surface area contributed by atoms with Crippen molar-refractivity contribution in [3.05, 3.63) is 177 Å². The predicted molar refractivity (Wildman–Crippen MR) is 263 cm³/mol. The smallest absolute Gasteiger partial charge is 0.402 e. The molecule has 6 aromatic rings. The summed E-state index contributed by atoms with van der Waals surface area (Å²) in [4.78, 5) is 4.45. The Morgan fingerprint density at radius 3 is 1.51 bits per heavy atom. The van der Waals surface area contributed by atoms with E-state index in [-0.39, 0.29) is 23.1 Å². The summed E-state index contributed by atoms with van der Waals surface area (Å²) >= 11 is 8.81. The molecule has 0 aliphatic heterocycles. The van der Waals surface area contributed by atoms with Gasteiger partial charge in [-0.05, 0) is 141 Å². The van der Waals surface area contributed by atoms with Crippen molar-refractivity contribution >= 4 is 65.6 Å². The molecule has 0 spiro atoms. The van der Waals surface area contributed by atoms with Gasteiger partial charge in [0.2, 0.25) is 5.89 Å². The van der Waals surface area contributed by atoms with Crippen molar-refractivity contribution in [3.8, 4) is 11.5 Å². The van der Waals surface area contributed by atoms with Crippen LogP contribution in [0.4, 0.5) is 32.0 Å². The monoisotopic (exact) mass is 1060 g/mol. The number of nitrogen functional groups attached to an aromatic ring is 1. The average Bonchev–Trinajstić information content (AvgIpc) is 3.72. The van der Waals surface area contributed by atoms with E-state index in [1.54, 1.807) is 55.5 Å². The van der Waals surface area contributed by atoms with E-state index in [1.165, 1.54) is 55.3 Å². The van der Waals surface area contributed by atoms with E-state index in [0.29, 0.717) is 27.9 Å². The van der Waals surface area contributed by atoms with Crippen molar-refractivity contribution in [3.63, 3.8) is 0 Å². The summed E-state index contributed by atoms with van der Waals surface area (Å²) in [6.45, 7) is 12.2. The van der Waals surface area contributed by atoms with Gasteiger partial charge >= 0.3 is 12.4 Å². The molecule has 63 heavy (non-hydrogen) atoms. The fraction of sp³-hybridized carbons (Fsp3) is 0.314. The number of aryl methyl sites for hydroxylation is 5. The molecule has 1 aliphatic rings. The number of anilines is 1. The zero-order valence-electron chi connectivity index (χ0n) is 37.3. The van der Waals surface area contributed by atoms with E-state index in [1.807, 2.05) is 61.7 Å². The van der Waals surface area contributed by atoms with E-state index in [4.69, 9.17) is 10.2 Å². The minimum absolute atomic E-state index is 0.192. The summed E-state index contributed by atoms with van der Waals surface area (Å²) in [5.74, 6) is 5.02. The van der Waals surface area contributed by atoms with Gasteiger partial charge in [0.25, 0.3) is 0 Å². The Hall–Kier alpha value is -4.13. The largest absolute Gasteiger partial charge is 0.436 e. The minimum atomic E-state index is -4.45. The van der Waals surface area contributed by atoms with Crippen LogP contribution in [0.3, 0.4) is 0 Å². The Morgan fingerprint density at radius 2 is 1.03 bits per heavy atom. The lowest BCUT2D eigenvalue weighted by atomic mass is 9.68. The number of alkyl halides is 9. The van der Waals surface area contributed by atoms with Crippen LogP contribution in [-0.2, 0) is 10.8 Å². The van der Waals surface area contributed by atoms with Gasteiger partial charge in [-0.15, -0.1) is 0 Å². The number of rotatable bonds is 5. The summed E-state index contributed by atoms with van der Waals surface area (Å²) in [6, 6.07) is 35.2. The lowest BCUT2D eigenvalue weighted by Crippen LogP contribution is -2.47. The van der Waals surface area contributed by atoms with Gasteiger partial charge in [0.05, 0.1) is 5.41 Å². The molecule has 0 amide bonds. The van der Waals surface area contributed by atoms with E-state index >= 15 is 0 Å². The molecule has 0 saturated carbocycles. The molecular formula is C51H57Br3F6N2O. The van der Waals surface area contributed by atoms with Crippen LogP contribution < -0.4 is 16.5 Å². The van der Waals surface area contributed by atoms with Crippen LogP contribution >= 0.6 is 47.8 Å². The molecule has 1 aliphatic carbocycles. The fourth-order valence-electron chi connectivity index (χ4n) is 6.77. The molecular weight excluding hydrogens is 1010 g/mol.